The van der Waals surface area contributed by atoms with Gasteiger partial charge in [0.2, 0.25) is 0 Å². The Bertz CT molecular complexity index is 714. The van der Waals surface area contributed by atoms with E-state index in [1.54, 1.807) is 6.07 Å². The van der Waals surface area contributed by atoms with Gasteiger partial charge in [-0.2, -0.15) is 0 Å². The number of anilines is 1. The molecule has 0 unspecified atom stereocenters. The van der Waals surface area contributed by atoms with E-state index in [1.165, 1.54) is 30.3 Å². The van der Waals surface area contributed by atoms with Gasteiger partial charge in [0.15, 0.2) is 21.4 Å². The van der Waals surface area contributed by atoms with Crippen LogP contribution in [0.5, 0.6) is 11.5 Å². The van der Waals surface area contributed by atoms with Crippen LogP contribution in [-0.4, -0.2) is 14.7 Å². The van der Waals surface area contributed by atoms with Gasteiger partial charge in [-0.3, -0.25) is 0 Å². The van der Waals surface area contributed by atoms with Gasteiger partial charge < -0.3 is 10.5 Å². The van der Waals surface area contributed by atoms with Crippen LogP contribution in [0, 0.1) is 5.82 Å². The average Bonchev–Trinajstić information content (AvgIpc) is 2.32. The summed E-state index contributed by atoms with van der Waals surface area (Å²) in [4.78, 5) is 0.112. The van der Waals surface area contributed by atoms with E-state index in [0.717, 1.165) is 12.3 Å². The minimum absolute atomic E-state index is 0.0140. The molecule has 0 aliphatic rings. The molecular formula is C13H12FNO3S. The highest BCUT2D eigenvalue weighted by Gasteiger charge is 2.10. The van der Waals surface area contributed by atoms with Crippen molar-refractivity contribution in [1.29, 1.82) is 0 Å². The molecule has 19 heavy (non-hydrogen) atoms. The number of sulfone groups is 1. The molecule has 2 rings (SSSR count). The Balaban J connectivity index is 2.34. The zero-order valence-electron chi connectivity index (χ0n) is 10.1. The molecule has 2 aromatic rings. The molecule has 0 aliphatic heterocycles. The third kappa shape index (κ3) is 3.23. The molecule has 0 atom stereocenters. The van der Waals surface area contributed by atoms with Crippen molar-refractivity contribution >= 4 is 15.5 Å². The fourth-order valence-electron chi connectivity index (χ4n) is 1.50. The minimum Gasteiger partial charge on any atom is -0.454 e. The van der Waals surface area contributed by atoms with Crippen LogP contribution in [0.4, 0.5) is 10.1 Å². The molecule has 0 amide bonds. The first-order valence-electron chi connectivity index (χ1n) is 5.39. The van der Waals surface area contributed by atoms with Crippen LogP contribution < -0.4 is 10.5 Å². The Hall–Kier alpha value is -2.08. The lowest BCUT2D eigenvalue weighted by molar-refractivity contribution is 0.441. The van der Waals surface area contributed by atoms with E-state index < -0.39 is 15.7 Å². The van der Waals surface area contributed by atoms with Gasteiger partial charge in [-0.15, -0.1) is 0 Å². The summed E-state index contributed by atoms with van der Waals surface area (Å²) in [5, 5.41) is 0. The number of ether oxygens (including phenoxy) is 1. The average molecular weight is 281 g/mol. The summed E-state index contributed by atoms with van der Waals surface area (Å²) in [5.41, 5.74) is 5.71. The number of nitrogens with two attached hydrogens (primary N) is 1. The van der Waals surface area contributed by atoms with E-state index in [0.29, 0.717) is 0 Å². The third-order valence-corrected chi connectivity index (χ3v) is 3.53. The lowest BCUT2D eigenvalue weighted by atomic mass is 10.3. The van der Waals surface area contributed by atoms with Gasteiger partial charge in [0.1, 0.15) is 5.75 Å². The normalized spacial score (nSPS) is 11.3. The van der Waals surface area contributed by atoms with Crippen molar-refractivity contribution in [1.82, 2.24) is 0 Å². The summed E-state index contributed by atoms with van der Waals surface area (Å²) in [7, 11) is -3.33. The zero-order valence-corrected chi connectivity index (χ0v) is 10.9. The second-order valence-corrected chi connectivity index (χ2v) is 6.05. The smallest absolute Gasteiger partial charge is 0.175 e. The summed E-state index contributed by atoms with van der Waals surface area (Å²) in [6.45, 7) is 0. The Labute approximate surface area is 110 Å². The maximum atomic E-state index is 13.5. The van der Waals surface area contributed by atoms with E-state index in [-0.39, 0.29) is 22.1 Å². The number of hydrogen-bond acceptors (Lipinski definition) is 4. The van der Waals surface area contributed by atoms with Crippen molar-refractivity contribution in [2.45, 2.75) is 4.90 Å². The Morgan fingerprint density at radius 3 is 2.53 bits per heavy atom. The summed E-state index contributed by atoms with van der Waals surface area (Å²) >= 11 is 0. The molecular weight excluding hydrogens is 269 g/mol. The highest BCUT2D eigenvalue weighted by atomic mass is 32.2. The second kappa shape index (κ2) is 4.89. The molecule has 0 saturated carbocycles. The molecule has 0 fully saturated rings. The van der Waals surface area contributed by atoms with Crippen molar-refractivity contribution in [3.8, 4) is 11.5 Å². The van der Waals surface area contributed by atoms with Gasteiger partial charge in [-0.1, -0.05) is 6.07 Å². The molecule has 0 saturated heterocycles. The quantitative estimate of drug-likeness (QED) is 0.878. The van der Waals surface area contributed by atoms with Crippen molar-refractivity contribution in [3.05, 3.63) is 48.3 Å². The largest absolute Gasteiger partial charge is 0.454 e. The maximum Gasteiger partial charge on any atom is 0.175 e. The predicted molar refractivity (Wildman–Crippen MR) is 70.4 cm³/mol. The minimum atomic E-state index is -3.33. The van der Waals surface area contributed by atoms with Crippen molar-refractivity contribution < 1.29 is 17.5 Å². The van der Waals surface area contributed by atoms with Crippen molar-refractivity contribution in [2.24, 2.45) is 0 Å². The summed E-state index contributed by atoms with van der Waals surface area (Å²) in [6, 6.07) is 9.88. The van der Waals surface area contributed by atoms with Crippen LogP contribution in [0.3, 0.4) is 0 Å². The molecule has 0 spiro atoms. The van der Waals surface area contributed by atoms with E-state index in [2.05, 4.69) is 0 Å². The summed E-state index contributed by atoms with van der Waals surface area (Å²) in [5.74, 6) is -0.379. The van der Waals surface area contributed by atoms with Crippen LogP contribution in [0.1, 0.15) is 0 Å². The second-order valence-electron chi connectivity index (χ2n) is 4.04. The number of halogens is 1. The Morgan fingerprint density at radius 2 is 1.89 bits per heavy atom. The van der Waals surface area contributed by atoms with Crippen molar-refractivity contribution in [2.75, 3.05) is 12.0 Å². The molecule has 2 aromatic carbocycles. The van der Waals surface area contributed by atoms with Gasteiger partial charge in [0.05, 0.1) is 4.90 Å². The topological polar surface area (TPSA) is 69.4 Å². The number of benzene rings is 2. The van der Waals surface area contributed by atoms with Crippen molar-refractivity contribution in [3.63, 3.8) is 0 Å². The first kappa shape index (κ1) is 13.4. The first-order chi connectivity index (χ1) is 8.86. The van der Waals surface area contributed by atoms with Crippen LogP contribution in [0.25, 0.3) is 0 Å². The molecule has 0 aromatic heterocycles. The van der Waals surface area contributed by atoms with Gasteiger partial charge in [0, 0.05) is 18.0 Å². The molecule has 0 bridgehead atoms. The Kier molecular flexibility index (Phi) is 3.44. The summed E-state index contributed by atoms with van der Waals surface area (Å²) < 4.78 is 41.7. The van der Waals surface area contributed by atoms with E-state index in [4.69, 9.17) is 10.5 Å². The van der Waals surface area contributed by atoms with Crippen LogP contribution in [0.2, 0.25) is 0 Å². The fourth-order valence-corrected chi connectivity index (χ4v) is 2.15. The standard InChI is InChI=1S/C13H12FNO3S/c1-19(16,17)11-4-2-3-10(8-11)18-13-6-5-9(15)7-12(13)14/h2-8H,15H2,1H3. The summed E-state index contributed by atoms with van der Waals surface area (Å²) in [6.07, 6.45) is 1.09. The monoisotopic (exact) mass is 281 g/mol. The fraction of sp³-hybridized carbons (Fsp3) is 0.0769. The Morgan fingerprint density at radius 1 is 1.16 bits per heavy atom. The van der Waals surface area contributed by atoms with Gasteiger partial charge in [-0.05, 0) is 30.3 Å². The van der Waals surface area contributed by atoms with Crippen LogP contribution >= 0.6 is 0 Å². The molecule has 6 heteroatoms. The number of nitrogen functional groups attached to an aromatic ring is 1. The highest BCUT2D eigenvalue weighted by molar-refractivity contribution is 7.90. The third-order valence-electron chi connectivity index (χ3n) is 2.42. The number of hydrogen-bond donors (Lipinski definition) is 1. The lowest BCUT2D eigenvalue weighted by Crippen LogP contribution is -1.97. The van der Waals surface area contributed by atoms with E-state index in [1.807, 2.05) is 0 Å². The van der Waals surface area contributed by atoms with Gasteiger partial charge >= 0.3 is 0 Å². The lowest BCUT2D eigenvalue weighted by Gasteiger charge is -2.08. The van der Waals surface area contributed by atoms with E-state index in [9.17, 15) is 12.8 Å². The maximum absolute atomic E-state index is 13.5. The zero-order chi connectivity index (χ0) is 14.0. The highest BCUT2D eigenvalue weighted by Crippen LogP contribution is 2.27. The molecule has 4 nitrogen and oxygen atoms in total. The first-order valence-corrected chi connectivity index (χ1v) is 7.28. The predicted octanol–water partition coefficient (Wildman–Crippen LogP) is 2.60. The molecule has 0 radical (unpaired) electrons. The number of rotatable bonds is 3. The molecule has 0 heterocycles. The van der Waals surface area contributed by atoms with Gasteiger partial charge in [0.25, 0.3) is 0 Å². The molecule has 2 N–H and O–H groups in total. The molecule has 100 valence electrons. The van der Waals surface area contributed by atoms with Crippen LogP contribution in [0.15, 0.2) is 47.4 Å². The van der Waals surface area contributed by atoms with Gasteiger partial charge in [-0.25, -0.2) is 12.8 Å². The molecule has 0 aliphatic carbocycles. The van der Waals surface area contributed by atoms with E-state index >= 15 is 0 Å². The SMILES string of the molecule is CS(=O)(=O)c1cccc(Oc2ccc(N)cc2F)c1. The van der Waals surface area contributed by atoms with Crippen LogP contribution in [-0.2, 0) is 9.84 Å².